The van der Waals surface area contributed by atoms with Gasteiger partial charge < -0.3 is 14.4 Å². The highest BCUT2D eigenvalue weighted by Crippen LogP contribution is 2.24. The van der Waals surface area contributed by atoms with Gasteiger partial charge >= 0.3 is 0 Å². The van der Waals surface area contributed by atoms with E-state index in [1.165, 1.54) is 7.11 Å². The highest BCUT2D eigenvalue weighted by molar-refractivity contribution is 6.31. The standard InChI is InChI=1S/C17H18ClNO3/c1-19(11-12-4-7-14(21-2)8-5-12)17(20)15-10-13(18)6-9-16(15)22-3/h4-10H,11H2,1-3H3. The van der Waals surface area contributed by atoms with Gasteiger partial charge in [-0.25, -0.2) is 0 Å². The number of rotatable bonds is 5. The molecule has 116 valence electrons. The predicted octanol–water partition coefficient (Wildman–Crippen LogP) is 3.63. The SMILES string of the molecule is COc1ccc(CN(C)C(=O)c2cc(Cl)ccc2OC)cc1. The smallest absolute Gasteiger partial charge is 0.257 e. The molecule has 0 atom stereocenters. The number of amides is 1. The molecule has 2 aromatic carbocycles. The molecular formula is C17H18ClNO3. The second-order valence-electron chi connectivity index (χ2n) is 4.85. The third kappa shape index (κ3) is 3.71. The van der Waals surface area contributed by atoms with E-state index in [9.17, 15) is 4.79 Å². The molecule has 2 rings (SSSR count). The van der Waals surface area contributed by atoms with E-state index in [1.807, 2.05) is 24.3 Å². The van der Waals surface area contributed by atoms with Crippen molar-refractivity contribution in [1.29, 1.82) is 0 Å². The average molecular weight is 320 g/mol. The molecule has 0 saturated carbocycles. The summed E-state index contributed by atoms with van der Waals surface area (Å²) in [6.45, 7) is 0.485. The molecule has 0 unspecified atom stereocenters. The Morgan fingerprint density at radius 3 is 2.36 bits per heavy atom. The van der Waals surface area contributed by atoms with Crippen molar-refractivity contribution in [2.24, 2.45) is 0 Å². The number of carbonyl (C=O) groups is 1. The monoisotopic (exact) mass is 319 g/mol. The van der Waals surface area contributed by atoms with Crippen LogP contribution in [0.5, 0.6) is 11.5 Å². The Kier molecular flexibility index (Phi) is 5.28. The Balaban J connectivity index is 2.16. The summed E-state index contributed by atoms with van der Waals surface area (Å²) in [6, 6.07) is 12.6. The summed E-state index contributed by atoms with van der Waals surface area (Å²) in [4.78, 5) is 14.2. The summed E-state index contributed by atoms with van der Waals surface area (Å²) >= 11 is 5.98. The maximum atomic E-state index is 12.6. The number of halogens is 1. The molecule has 0 aliphatic rings. The lowest BCUT2D eigenvalue weighted by atomic mass is 10.1. The van der Waals surface area contributed by atoms with E-state index in [-0.39, 0.29) is 5.91 Å². The first kappa shape index (κ1) is 16.2. The molecule has 0 spiro atoms. The fourth-order valence-electron chi connectivity index (χ4n) is 2.13. The van der Waals surface area contributed by atoms with Crippen molar-refractivity contribution in [1.82, 2.24) is 4.90 Å². The fraction of sp³-hybridized carbons (Fsp3) is 0.235. The van der Waals surface area contributed by atoms with Crippen LogP contribution in [0.15, 0.2) is 42.5 Å². The number of benzene rings is 2. The van der Waals surface area contributed by atoms with Crippen LogP contribution in [0.2, 0.25) is 5.02 Å². The van der Waals surface area contributed by atoms with Gasteiger partial charge in [0.25, 0.3) is 5.91 Å². The van der Waals surface area contributed by atoms with Gasteiger partial charge in [0.15, 0.2) is 0 Å². The molecule has 0 aliphatic carbocycles. The van der Waals surface area contributed by atoms with Crippen LogP contribution in [0.1, 0.15) is 15.9 Å². The lowest BCUT2D eigenvalue weighted by Crippen LogP contribution is -2.26. The van der Waals surface area contributed by atoms with E-state index < -0.39 is 0 Å². The minimum atomic E-state index is -0.143. The number of nitrogens with zero attached hydrogens (tertiary/aromatic N) is 1. The predicted molar refractivity (Wildman–Crippen MR) is 86.8 cm³/mol. The van der Waals surface area contributed by atoms with Gasteiger partial charge in [-0.3, -0.25) is 4.79 Å². The van der Waals surface area contributed by atoms with Gasteiger partial charge in [-0.15, -0.1) is 0 Å². The average Bonchev–Trinajstić information content (AvgIpc) is 2.54. The van der Waals surface area contributed by atoms with Crippen LogP contribution in [-0.2, 0) is 6.54 Å². The van der Waals surface area contributed by atoms with Gasteiger partial charge in [-0.2, -0.15) is 0 Å². The molecule has 0 aliphatic heterocycles. The van der Waals surface area contributed by atoms with Crippen molar-refractivity contribution in [3.63, 3.8) is 0 Å². The Morgan fingerprint density at radius 2 is 1.77 bits per heavy atom. The zero-order valence-electron chi connectivity index (χ0n) is 12.8. The van der Waals surface area contributed by atoms with Crippen molar-refractivity contribution in [2.75, 3.05) is 21.3 Å². The maximum Gasteiger partial charge on any atom is 0.257 e. The van der Waals surface area contributed by atoms with Gasteiger partial charge in [0.05, 0.1) is 19.8 Å². The Bertz CT molecular complexity index is 655. The minimum Gasteiger partial charge on any atom is -0.497 e. The number of hydrogen-bond donors (Lipinski definition) is 0. The third-order valence-corrected chi connectivity index (χ3v) is 3.55. The van der Waals surface area contributed by atoms with E-state index in [0.717, 1.165) is 11.3 Å². The highest BCUT2D eigenvalue weighted by Gasteiger charge is 2.17. The number of methoxy groups -OCH3 is 2. The first-order valence-corrected chi connectivity index (χ1v) is 7.15. The highest BCUT2D eigenvalue weighted by atomic mass is 35.5. The molecule has 4 nitrogen and oxygen atoms in total. The van der Waals surface area contributed by atoms with Crippen molar-refractivity contribution in [2.45, 2.75) is 6.54 Å². The Labute approximate surface area is 135 Å². The molecule has 0 saturated heterocycles. The lowest BCUT2D eigenvalue weighted by molar-refractivity contribution is 0.0781. The molecule has 0 N–H and O–H groups in total. The molecule has 0 radical (unpaired) electrons. The molecule has 22 heavy (non-hydrogen) atoms. The maximum absolute atomic E-state index is 12.6. The van der Waals surface area contributed by atoms with Crippen molar-refractivity contribution >= 4 is 17.5 Å². The van der Waals surface area contributed by atoms with Crippen molar-refractivity contribution in [3.8, 4) is 11.5 Å². The van der Waals surface area contributed by atoms with E-state index in [0.29, 0.717) is 22.9 Å². The Hall–Kier alpha value is -2.20. The molecule has 5 heteroatoms. The second kappa shape index (κ2) is 7.18. The van der Waals surface area contributed by atoms with E-state index >= 15 is 0 Å². The van der Waals surface area contributed by atoms with Crippen LogP contribution >= 0.6 is 11.6 Å². The Morgan fingerprint density at radius 1 is 1.09 bits per heavy atom. The summed E-state index contributed by atoms with van der Waals surface area (Å²) < 4.78 is 10.4. The van der Waals surface area contributed by atoms with Crippen LogP contribution in [0.25, 0.3) is 0 Å². The second-order valence-corrected chi connectivity index (χ2v) is 5.29. The summed E-state index contributed by atoms with van der Waals surface area (Å²) in [5.74, 6) is 1.15. The molecule has 0 aromatic heterocycles. The van der Waals surface area contributed by atoms with E-state index in [2.05, 4.69) is 0 Å². The summed E-state index contributed by atoms with van der Waals surface area (Å²) in [5, 5.41) is 0.502. The number of ether oxygens (including phenoxy) is 2. The van der Waals surface area contributed by atoms with Crippen LogP contribution in [-0.4, -0.2) is 32.1 Å². The van der Waals surface area contributed by atoms with Crippen LogP contribution in [0.3, 0.4) is 0 Å². The fourth-order valence-corrected chi connectivity index (χ4v) is 2.30. The first-order valence-electron chi connectivity index (χ1n) is 6.77. The van der Waals surface area contributed by atoms with E-state index in [1.54, 1.807) is 37.3 Å². The summed E-state index contributed by atoms with van der Waals surface area (Å²) in [6.07, 6.45) is 0. The quantitative estimate of drug-likeness (QED) is 0.844. The molecule has 1 amide bonds. The van der Waals surface area contributed by atoms with Gasteiger partial charge in [0, 0.05) is 18.6 Å². The van der Waals surface area contributed by atoms with Crippen molar-refractivity contribution < 1.29 is 14.3 Å². The summed E-state index contributed by atoms with van der Waals surface area (Å²) in [7, 11) is 4.90. The molecule has 0 heterocycles. The van der Waals surface area contributed by atoms with Crippen LogP contribution in [0, 0.1) is 0 Å². The van der Waals surface area contributed by atoms with E-state index in [4.69, 9.17) is 21.1 Å². The van der Waals surface area contributed by atoms with Gasteiger partial charge in [0.2, 0.25) is 0 Å². The number of hydrogen-bond acceptors (Lipinski definition) is 3. The lowest BCUT2D eigenvalue weighted by Gasteiger charge is -2.19. The third-order valence-electron chi connectivity index (χ3n) is 3.32. The van der Waals surface area contributed by atoms with Gasteiger partial charge in [0.1, 0.15) is 11.5 Å². The zero-order chi connectivity index (χ0) is 16.1. The van der Waals surface area contributed by atoms with Gasteiger partial charge in [-0.05, 0) is 35.9 Å². The number of carbonyl (C=O) groups excluding carboxylic acids is 1. The van der Waals surface area contributed by atoms with Crippen LogP contribution < -0.4 is 9.47 Å². The molecule has 0 fully saturated rings. The normalized spacial score (nSPS) is 10.2. The van der Waals surface area contributed by atoms with Crippen LogP contribution in [0.4, 0.5) is 0 Å². The largest absolute Gasteiger partial charge is 0.497 e. The molecular weight excluding hydrogens is 302 g/mol. The minimum absolute atomic E-state index is 0.143. The molecule has 0 bridgehead atoms. The molecule has 2 aromatic rings. The zero-order valence-corrected chi connectivity index (χ0v) is 13.6. The van der Waals surface area contributed by atoms with Gasteiger partial charge in [-0.1, -0.05) is 23.7 Å². The first-order chi connectivity index (χ1) is 10.5. The summed E-state index contributed by atoms with van der Waals surface area (Å²) in [5.41, 5.74) is 1.46. The topological polar surface area (TPSA) is 38.8 Å². The van der Waals surface area contributed by atoms with Crippen molar-refractivity contribution in [3.05, 3.63) is 58.6 Å².